The highest BCUT2D eigenvalue weighted by Gasteiger charge is 2.21. The molecule has 2 rings (SSSR count). The lowest BCUT2D eigenvalue weighted by molar-refractivity contribution is -0.146. The van der Waals surface area contributed by atoms with Crippen molar-refractivity contribution in [3.63, 3.8) is 0 Å². The summed E-state index contributed by atoms with van der Waals surface area (Å²) in [6, 6.07) is 14.4. The number of carbonyl (C=O) groups excluding carboxylic acids is 2. The Balaban J connectivity index is 2.00. The van der Waals surface area contributed by atoms with Gasteiger partial charge in [-0.1, -0.05) is 48.9 Å². The van der Waals surface area contributed by atoms with Crippen LogP contribution in [0.2, 0.25) is 0 Å². The number of nitrogens with zero attached hydrogens (tertiary/aromatic N) is 1. The van der Waals surface area contributed by atoms with E-state index in [1.165, 1.54) is 24.8 Å². The molecular formula is C23H28FNO3. The maximum absolute atomic E-state index is 13.1. The topological polar surface area (TPSA) is 46.6 Å². The molecule has 0 heterocycles. The fraction of sp³-hybridized carbons (Fsp3) is 0.391. The molecule has 150 valence electrons. The van der Waals surface area contributed by atoms with Crippen LogP contribution >= 0.6 is 0 Å². The van der Waals surface area contributed by atoms with E-state index in [-0.39, 0.29) is 17.7 Å². The van der Waals surface area contributed by atoms with Gasteiger partial charge in [0.25, 0.3) is 0 Å². The van der Waals surface area contributed by atoms with Crippen LogP contribution in [0.4, 0.5) is 4.39 Å². The van der Waals surface area contributed by atoms with E-state index in [1.54, 1.807) is 24.0 Å². The highest BCUT2D eigenvalue weighted by molar-refractivity contribution is 5.78. The van der Waals surface area contributed by atoms with Crippen molar-refractivity contribution in [3.05, 3.63) is 71.0 Å². The summed E-state index contributed by atoms with van der Waals surface area (Å²) in [4.78, 5) is 26.3. The Hall–Kier alpha value is -2.69. The van der Waals surface area contributed by atoms with Crippen LogP contribution in [0.3, 0.4) is 0 Å². The third kappa shape index (κ3) is 6.80. The Kier molecular flexibility index (Phi) is 8.18. The number of rotatable bonds is 9. The third-order valence-corrected chi connectivity index (χ3v) is 4.78. The van der Waals surface area contributed by atoms with Crippen LogP contribution in [-0.2, 0) is 27.2 Å². The number of benzene rings is 2. The zero-order valence-electron chi connectivity index (χ0n) is 16.8. The lowest BCUT2D eigenvalue weighted by atomic mass is 10.1. The number of esters is 1. The smallest absolute Gasteiger partial charge is 0.310 e. The summed E-state index contributed by atoms with van der Waals surface area (Å²) in [7, 11) is 1.35. The fourth-order valence-electron chi connectivity index (χ4n) is 3.00. The van der Waals surface area contributed by atoms with Crippen LogP contribution in [0.25, 0.3) is 0 Å². The maximum atomic E-state index is 13.1. The number of carbonyl (C=O) groups is 2. The monoisotopic (exact) mass is 385 g/mol. The van der Waals surface area contributed by atoms with Gasteiger partial charge in [0.05, 0.1) is 13.0 Å². The van der Waals surface area contributed by atoms with E-state index in [4.69, 9.17) is 4.74 Å². The lowest BCUT2D eigenvalue weighted by Gasteiger charge is -2.25. The predicted molar refractivity (Wildman–Crippen MR) is 107 cm³/mol. The second kappa shape index (κ2) is 10.6. The van der Waals surface area contributed by atoms with E-state index in [9.17, 15) is 14.0 Å². The largest absolute Gasteiger partial charge is 0.469 e. The van der Waals surface area contributed by atoms with Crippen LogP contribution in [0.15, 0.2) is 48.5 Å². The molecule has 0 N–H and O–H groups in total. The van der Waals surface area contributed by atoms with Crippen molar-refractivity contribution < 1.29 is 18.7 Å². The molecule has 0 aromatic heterocycles. The molecular weight excluding hydrogens is 357 g/mol. The average Bonchev–Trinajstić information content (AvgIpc) is 2.70. The Morgan fingerprint density at radius 1 is 1.00 bits per heavy atom. The molecule has 1 amide bonds. The Bertz CT molecular complexity index is 771. The summed E-state index contributed by atoms with van der Waals surface area (Å²) in [5.41, 5.74) is 3.24. The second-order valence-electron chi connectivity index (χ2n) is 7.13. The molecule has 0 saturated heterocycles. The number of amides is 1. The van der Waals surface area contributed by atoms with Gasteiger partial charge in [-0.2, -0.15) is 0 Å². The molecule has 0 bridgehead atoms. The van der Waals surface area contributed by atoms with Crippen molar-refractivity contribution in [1.29, 1.82) is 0 Å². The first kappa shape index (κ1) is 21.6. The van der Waals surface area contributed by atoms with Crippen LogP contribution in [0.5, 0.6) is 0 Å². The van der Waals surface area contributed by atoms with E-state index in [0.717, 1.165) is 11.1 Å². The summed E-state index contributed by atoms with van der Waals surface area (Å²) in [5.74, 6) is -1.02. The molecule has 0 aliphatic heterocycles. The van der Waals surface area contributed by atoms with Gasteiger partial charge in [0.2, 0.25) is 5.91 Å². The molecule has 0 fully saturated rings. The quantitative estimate of drug-likeness (QED) is 0.614. The zero-order valence-corrected chi connectivity index (χ0v) is 16.8. The van der Waals surface area contributed by atoms with Crippen molar-refractivity contribution in [2.45, 2.75) is 33.1 Å². The van der Waals surface area contributed by atoms with Crippen molar-refractivity contribution in [2.75, 3.05) is 20.2 Å². The van der Waals surface area contributed by atoms with Gasteiger partial charge in [-0.15, -0.1) is 0 Å². The second-order valence-corrected chi connectivity index (χ2v) is 7.13. The van der Waals surface area contributed by atoms with E-state index in [0.29, 0.717) is 32.4 Å². The van der Waals surface area contributed by atoms with E-state index in [2.05, 4.69) is 0 Å². The van der Waals surface area contributed by atoms with Crippen molar-refractivity contribution in [2.24, 2.45) is 5.92 Å². The van der Waals surface area contributed by atoms with E-state index >= 15 is 0 Å². The Morgan fingerprint density at radius 2 is 1.57 bits per heavy atom. The highest BCUT2D eigenvalue weighted by atomic mass is 19.1. The number of ether oxygens (including phenoxy) is 1. The Labute approximate surface area is 166 Å². The fourth-order valence-corrected chi connectivity index (χ4v) is 3.00. The minimum atomic E-state index is -0.401. The van der Waals surface area contributed by atoms with Crippen molar-refractivity contribution in [1.82, 2.24) is 4.90 Å². The van der Waals surface area contributed by atoms with Gasteiger partial charge in [0, 0.05) is 19.5 Å². The van der Waals surface area contributed by atoms with Crippen LogP contribution in [-0.4, -0.2) is 37.0 Å². The minimum absolute atomic E-state index is 0.00144. The first-order valence-electron chi connectivity index (χ1n) is 9.54. The first-order chi connectivity index (χ1) is 13.4. The van der Waals surface area contributed by atoms with Gasteiger partial charge in [-0.05, 0) is 43.0 Å². The van der Waals surface area contributed by atoms with Crippen molar-refractivity contribution >= 4 is 11.9 Å². The normalized spacial score (nSPS) is 11.7. The average molecular weight is 385 g/mol. The SMILES string of the molecule is COC(=O)C(C)CN(CCc1ccc(F)cc1)C(=O)CCc1ccc(C)cc1. The molecule has 0 saturated carbocycles. The number of aryl methyl sites for hydroxylation is 2. The number of hydrogen-bond donors (Lipinski definition) is 0. The molecule has 2 aromatic rings. The molecule has 4 nitrogen and oxygen atoms in total. The lowest BCUT2D eigenvalue weighted by Crippen LogP contribution is -2.38. The standard InChI is InChI=1S/C23H28FNO3/c1-17-4-6-19(7-5-17)10-13-22(26)25(16-18(2)23(27)28-3)15-14-20-8-11-21(24)12-9-20/h4-9,11-12,18H,10,13-16H2,1-3H3. The molecule has 1 unspecified atom stereocenters. The molecule has 2 aromatic carbocycles. The van der Waals surface area contributed by atoms with Gasteiger partial charge >= 0.3 is 5.97 Å². The number of halogens is 1. The first-order valence-corrected chi connectivity index (χ1v) is 9.54. The van der Waals surface area contributed by atoms with Crippen LogP contribution in [0.1, 0.15) is 30.0 Å². The van der Waals surface area contributed by atoms with Crippen LogP contribution in [0, 0.1) is 18.7 Å². The highest BCUT2D eigenvalue weighted by Crippen LogP contribution is 2.11. The van der Waals surface area contributed by atoms with E-state index in [1.807, 2.05) is 31.2 Å². The van der Waals surface area contributed by atoms with E-state index < -0.39 is 5.92 Å². The van der Waals surface area contributed by atoms with Gasteiger partial charge in [0.15, 0.2) is 0 Å². The van der Waals surface area contributed by atoms with Gasteiger partial charge in [-0.3, -0.25) is 9.59 Å². The summed E-state index contributed by atoms with van der Waals surface area (Å²) in [5, 5.41) is 0. The predicted octanol–water partition coefficient (Wildman–Crippen LogP) is 3.95. The summed E-state index contributed by atoms with van der Waals surface area (Å²) < 4.78 is 17.9. The molecule has 0 aliphatic carbocycles. The number of hydrogen-bond acceptors (Lipinski definition) is 3. The zero-order chi connectivity index (χ0) is 20.5. The molecule has 0 spiro atoms. The van der Waals surface area contributed by atoms with Gasteiger partial charge in [0.1, 0.15) is 5.82 Å². The number of methoxy groups -OCH3 is 1. The molecule has 5 heteroatoms. The van der Waals surface area contributed by atoms with Gasteiger partial charge in [-0.25, -0.2) is 4.39 Å². The molecule has 1 atom stereocenters. The van der Waals surface area contributed by atoms with Crippen molar-refractivity contribution in [3.8, 4) is 0 Å². The minimum Gasteiger partial charge on any atom is -0.469 e. The summed E-state index contributed by atoms with van der Waals surface area (Å²) in [6.07, 6.45) is 1.63. The third-order valence-electron chi connectivity index (χ3n) is 4.78. The molecule has 28 heavy (non-hydrogen) atoms. The maximum Gasteiger partial charge on any atom is 0.310 e. The van der Waals surface area contributed by atoms with Crippen LogP contribution < -0.4 is 0 Å². The Morgan fingerprint density at radius 3 is 2.18 bits per heavy atom. The summed E-state index contributed by atoms with van der Waals surface area (Å²) >= 11 is 0. The molecule has 0 aliphatic rings. The molecule has 0 radical (unpaired) electrons. The summed E-state index contributed by atoms with van der Waals surface area (Å²) in [6.45, 7) is 4.56. The van der Waals surface area contributed by atoms with Gasteiger partial charge < -0.3 is 9.64 Å².